The summed E-state index contributed by atoms with van der Waals surface area (Å²) in [5.74, 6) is 0. The summed E-state index contributed by atoms with van der Waals surface area (Å²) in [7, 11) is 0. The number of para-hydroxylation sites is 1. The highest BCUT2D eigenvalue weighted by molar-refractivity contribution is 5.40. The van der Waals surface area contributed by atoms with Gasteiger partial charge in [-0.1, -0.05) is 43.7 Å². The van der Waals surface area contributed by atoms with Gasteiger partial charge in [-0.25, -0.2) is 4.68 Å². The normalized spacial score (nSPS) is 12.6. The Balaban J connectivity index is 2.33. The van der Waals surface area contributed by atoms with Crippen molar-refractivity contribution in [3.8, 4) is 5.69 Å². The van der Waals surface area contributed by atoms with Gasteiger partial charge >= 0.3 is 0 Å². The lowest BCUT2D eigenvalue weighted by Crippen LogP contribution is -2.00. The number of aliphatic hydroxyl groups is 1. The first-order valence-corrected chi connectivity index (χ1v) is 6.44. The third-order valence-electron chi connectivity index (χ3n) is 3.00. The molecule has 0 fully saturated rings. The van der Waals surface area contributed by atoms with Crippen molar-refractivity contribution in [1.29, 1.82) is 0 Å². The molecule has 0 radical (unpaired) electrons. The van der Waals surface area contributed by atoms with Crippen molar-refractivity contribution in [1.82, 2.24) is 15.0 Å². The summed E-state index contributed by atoms with van der Waals surface area (Å²) in [6.45, 7) is 4.08. The zero-order valence-electron chi connectivity index (χ0n) is 10.9. The fraction of sp³-hybridized carbons (Fsp3) is 0.429. The molecule has 2 aromatic rings. The maximum absolute atomic E-state index is 9.75. The number of nitrogens with zero attached hydrogens (tertiary/aromatic N) is 3. The zero-order valence-corrected chi connectivity index (χ0v) is 10.9. The molecule has 0 amide bonds. The highest BCUT2D eigenvalue weighted by Crippen LogP contribution is 2.18. The van der Waals surface area contributed by atoms with Gasteiger partial charge in [-0.05, 0) is 24.5 Å². The van der Waals surface area contributed by atoms with Gasteiger partial charge in [-0.2, -0.15) is 0 Å². The summed E-state index contributed by atoms with van der Waals surface area (Å²) < 4.78 is 1.75. The first-order valence-electron chi connectivity index (χ1n) is 6.44. The third-order valence-corrected chi connectivity index (χ3v) is 3.00. The summed E-state index contributed by atoms with van der Waals surface area (Å²) in [6, 6.07) is 8.16. The Bertz CT molecular complexity index is 507. The van der Waals surface area contributed by atoms with Gasteiger partial charge in [0.25, 0.3) is 0 Å². The van der Waals surface area contributed by atoms with Crippen LogP contribution in [0.25, 0.3) is 5.69 Å². The first kappa shape index (κ1) is 12.8. The third kappa shape index (κ3) is 2.59. The Kier molecular flexibility index (Phi) is 4.10. The van der Waals surface area contributed by atoms with E-state index in [2.05, 4.69) is 23.3 Å². The number of aryl methyl sites for hydroxylation is 1. The van der Waals surface area contributed by atoms with Crippen molar-refractivity contribution in [2.24, 2.45) is 0 Å². The van der Waals surface area contributed by atoms with Gasteiger partial charge < -0.3 is 5.11 Å². The topological polar surface area (TPSA) is 50.9 Å². The van der Waals surface area contributed by atoms with E-state index >= 15 is 0 Å². The molecule has 0 saturated heterocycles. The molecule has 1 unspecified atom stereocenters. The molecule has 1 heterocycles. The van der Waals surface area contributed by atoms with E-state index in [-0.39, 0.29) is 0 Å². The summed E-state index contributed by atoms with van der Waals surface area (Å²) in [5, 5.41) is 17.9. The van der Waals surface area contributed by atoms with E-state index in [9.17, 15) is 5.11 Å². The molecule has 0 bridgehead atoms. The predicted octanol–water partition coefficient (Wildman–Crippen LogP) is 2.66. The van der Waals surface area contributed by atoms with E-state index in [4.69, 9.17) is 0 Å². The molecule has 1 aromatic heterocycles. The molecule has 0 aliphatic rings. The van der Waals surface area contributed by atoms with Crippen LogP contribution in [0.1, 0.15) is 44.1 Å². The minimum Gasteiger partial charge on any atom is -0.387 e. The number of hydrogen-bond acceptors (Lipinski definition) is 3. The van der Waals surface area contributed by atoms with Crippen LogP contribution in [0.3, 0.4) is 0 Å². The summed E-state index contributed by atoms with van der Waals surface area (Å²) in [5.41, 5.74) is 2.92. The van der Waals surface area contributed by atoms with Crippen molar-refractivity contribution >= 4 is 0 Å². The van der Waals surface area contributed by atoms with Crippen LogP contribution in [-0.4, -0.2) is 20.1 Å². The summed E-state index contributed by atoms with van der Waals surface area (Å²) in [4.78, 5) is 0. The fourth-order valence-corrected chi connectivity index (χ4v) is 1.97. The lowest BCUT2D eigenvalue weighted by molar-refractivity contribution is 0.169. The number of hydrogen-bond donors (Lipinski definition) is 1. The number of aliphatic hydroxyl groups excluding tert-OH is 1. The molecule has 0 saturated carbocycles. The van der Waals surface area contributed by atoms with Crippen LogP contribution in [0.15, 0.2) is 30.5 Å². The van der Waals surface area contributed by atoms with Crippen LogP contribution in [0, 0.1) is 0 Å². The van der Waals surface area contributed by atoms with Crippen molar-refractivity contribution < 1.29 is 5.11 Å². The lowest BCUT2D eigenvalue weighted by atomic mass is 10.1. The number of rotatable bonds is 5. The second-order valence-corrected chi connectivity index (χ2v) is 4.39. The van der Waals surface area contributed by atoms with Crippen molar-refractivity contribution in [3.63, 3.8) is 0 Å². The smallest absolute Gasteiger partial charge is 0.112 e. The van der Waals surface area contributed by atoms with Gasteiger partial charge in [0.15, 0.2) is 0 Å². The van der Waals surface area contributed by atoms with Crippen LogP contribution in [-0.2, 0) is 6.42 Å². The van der Waals surface area contributed by atoms with E-state index in [0.29, 0.717) is 12.1 Å². The van der Waals surface area contributed by atoms with Gasteiger partial charge in [0, 0.05) is 0 Å². The Labute approximate surface area is 107 Å². The molecule has 1 N–H and O–H groups in total. The van der Waals surface area contributed by atoms with E-state index in [1.54, 1.807) is 4.68 Å². The van der Waals surface area contributed by atoms with Crippen LogP contribution < -0.4 is 0 Å². The Morgan fingerprint density at radius 3 is 2.78 bits per heavy atom. The average molecular weight is 245 g/mol. The molecule has 4 nitrogen and oxygen atoms in total. The van der Waals surface area contributed by atoms with E-state index < -0.39 is 6.10 Å². The molecule has 96 valence electrons. The van der Waals surface area contributed by atoms with Crippen LogP contribution >= 0.6 is 0 Å². The van der Waals surface area contributed by atoms with Crippen LogP contribution in [0.2, 0.25) is 0 Å². The Morgan fingerprint density at radius 2 is 2.06 bits per heavy atom. The molecular formula is C14H19N3O. The monoisotopic (exact) mass is 245 g/mol. The van der Waals surface area contributed by atoms with E-state index in [1.807, 2.05) is 31.3 Å². The maximum Gasteiger partial charge on any atom is 0.112 e. The first-order chi connectivity index (χ1) is 8.76. The molecule has 4 heteroatoms. The minimum absolute atomic E-state index is 0.530. The van der Waals surface area contributed by atoms with E-state index in [1.165, 1.54) is 5.56 Å². The van der Waals surface area contributed by atoms with Crippen molar-refractivity contribution in [3.05, 3.63) is 41.7 Å². The summed E-state index contributed by atoms with van der Waals surface area (Å²) in [6.07, 6.45) is 4.03. The Hall–Kier alpha value is -1.68. The molecule has 18 heavy (non-hydrogen) atoms. The molecule has 0 aliphatic heterocycles. The van der Waals surface area contributed by atoms with Gasteiger partial charge in [-0.3, -0.25) is 0 Å². The zero-order chi connectivity index (χ0) is 13.0. The lowest BCUT2D eigenvalue weighted by Gasteiger charge is -2.07. The largest absolute Gasteiger partial charge is 0.387 e. The molecular weight excluding hydrogens is 226 g/mol. The van der Waals surface area contributed by atoms with Crippen LogP contribution in [0.4, 0.5) is 0 Å². The van der Waals surface area contributed by atoms with Crippen molar-refractivity contribution in [2.45, 2.75) is 39.2 Å². The minimum atomic E-state index is -0.530. The average Bonchev–Trinajstić information content (AvgIpc) is 2.88. The second kappa shape index (κ2) is 5.78. The molecule has 0 spiro atoms. The van der Waals surface area contributed by atoms with Gasteiger partial charge in [0.1, 0.15) is 5.69 Å². The van der Waals surface area contributed by atoms with Crippen LogP contribution in [0.5, 0.6) is 0 Å². The highest BCUT2D eigenvalue weighted by Gasteiger charge is 2.11. The predicted molar refractivity (Wildman–Crippen MR) is 70.6 cm³/mol. The van der Waals surface area contributed by atoms with Gasteiger partial charge in [-0.15, -0.1) is 5.10 Å². The fourth-order valence-electron chi connectivity index (χ4n) is 1.97. The number of benzene rings is 1. The highest BCUT2D eigenvalue weighted by atomic mass is 16.3. The standard InChI is InChI=1S/C14H19N3O/c1-3-7-11-8-5-6-9-13(11)17-10-12(15-16-17)14(18)4-2/h5-6,8-10,14,18H,3-4,7H2,1-2H3. The molecule has 1 atom stereocenters. The van der Waals surface area contributed by atoms with Crippen molar-refractivity contribution in [2.75, 3.05) is 0 Å². The quantitative estimate of drug-likeness (QED) is 0.881. The molecule has 2 rings (SSSR count). The molecule has 0 aliphatic carbocycles. The SMILES string of the molecule is CCCc1ccccc1-n1cc(C(O)CC)nn1. The number of aromatic nitrogens is 3. The molecule has 1 aromatic carbocycles. The summed E-state index contributed by atoms with van der Waals surface area (Å²) >= 11 is 0. The van der Waals surface area contributed by atoms with Gasteiger partial charge in [0.2, 0.25) is 0 Å². The maximum atomic E-state index is 9.75. The second-order valence-electron chi connectivity index (χ2n) is 4.39. The van der Waals surface area contributed by atoms with Gasteiger partial charge in [0.05, 0.1) is 18.0 Å². The Morgan fingerprint density at radius 1 is 1.28 bits per heavy atom. The van der Waals surface area contributed by atoms with E-state index in [0.717, 1.165) is 18.5 Å².